The molecule has 32 heavy (non-hydrogen) atoms. The average Bonchev–Trinajstić information content (AvgIpc) is 3.10. The van der Waals surface area contributed by atoms with Crippen molar-refractivity contribution in [2.45, 2.75) is 24.1 Å². The highest BCUT2D eigenvalue weighted by molar-refractivity contribution is 5.91. The first-order valence-corrected chi connectivity index (χ1v) is 8.47. The van der Waals surface area contributed by atoms with E-state index in [-0.39, 0.29) is 6.07 Å². The molecule has 2 heterocycles. The summed E-state index contributed by atoms with van der Waals surface area (Å²) in [5.41, 5.74) is -6.75. The molecule has 1 aromatic carbocycles. The third-order valence-electron chi connectivity index (χ3n) is 4.47. The van der Waals surface area contributed by atoms with Gasteiger partial charge >= 0.3 is 18.5 Å². The summed E-state index contributed by atoms with van der Waals surface area (Å²) in [5.74, 6) is -1.46. The molecule has 1 aromatic heterocycles. The van der Waals surface area contributed by atoms with Gasteiger partial charge in [0.1, 0.15) is 6.33 Å². The minimum Gasteiger partial charge on any atom is -0.378 e. The predicted octanol–water partition coefficient (Wildman–Crippen LogP) is 3.59. The van der Waals surface area contributed by atoms with Gasteiger partial charge in [0, 0.05) is 17.8 Å². The summed E-state index contributed by atoms with van der Waals surface area (Å²) in [4.78, 5) is 16.1. The molecule has 0 bridgehead atoms. The topological polar surface area (TPSA) is 71.2 Å². The van der Waals surface area contributed by atoms with E-state index in [4.69, 9.17) is 0 Å². The van der Waals surface area contributed by atoms with Crippen LogP contribution in [0, 0.1) is 0 Å². The zero-order valence-electron chi connectivity index (χ0n) is 15.4. The number of carbonyl (C=O) groups excluding carboxylic acids is 1. The number of aromatic nitrogens is 3. The number of aliphatic hydroxyl groups is 1. The van der Waals surface area contributed by atoms with Crippen LogP contribution in [0.25, 0.3) is 17.6 Å². The second kappa shape index (κ2) is 7.50. The Morgan fingerprint density at radius 3 is 1.97 bits per heavy atom. The van der Waals surface area contributed by atoms with E-state index in [0.29, 0.717) is 17.0 Å². The van der Waals surface area contributed by atoms with Crippen molar-refractivity contribution in [3.8, 4) is 11.4 Å². The number of β-amino-alcohol motifs (C(OH)–C–C–N with tert-alkyl or cyclic N) is 1. The first-order valence-electron chi connectivity index (χ1n) is 8.47. The van der Waals surface area contributed by atoms with Crippen LogP contribution < -0.4 is 0 Å². The molecule has 0 radical (unpaired) electrons. The fourth-order valence-electron chi connectivity index (χ4n) is 2.73. The molecule has 0 spiro atoms. The molecular formula is C17H11F9N4O2. The van der Waals surface area contributed by atoms with E-state index in [1.807, 2.05) is 0 Å². The third kappa shape index (κ3) is 4.71. The Kier molecular flexibility index (Phi) is 5.52. The van der Waals surface area contributed by atoms with E-state index >= 15 is 0 Å². The van der Waals surface area contributed by atoms with Gasteiger partial charge in [-0.15, -0.1) is 5.10 Å². The van der Waals surface area contributed by atoms with Gasteiger partial charge < -0.3 is 10.0 Å². The molecule has 1 fully saturated rings. The molecule has 2 aromatic rings. The van der Waals surface area contributed by atoms with Gasteiger partial charge in [-0.2, -0.15) is 39.5 Å². The Morgan fingerprint density at radius 2 is 1.50 bits per heavy atom. The van der Waals surface area contributed by atoms with Crippen molar-refractivity contribution < 1.29 is 49.4 Å². The highest BCUT2D eigenvalue weighted by Crippen LogP contribution is 2.39. The lowest BCUT2D eigenvalue weighted by Gasteiger charge is -2.46. The molecule has 1 aliphatic rings. The van der Waals surface area contributed by atoms with Crippen LogP contribution in [0.3, 0.4) is 0 Å². The van der Waals surface area contributed by atoms with Crippen LogP contribution >= 0.6 is 0 Å². The maximum Gasteiger partial charge on any atom is 0.420 e. The smallest absolute Gasteiger partial charge is 0.378 e. The Morgan fingerprint density at radius 1 is 0.969 bits per heavy atom. The number of benzene rings is 1. The number of amides is 1. The number of hydrogen-bond donors (Lipinski definition) is 1. The quantitative estimate of drug-likeness (QED) is 0.546. The average molecular weight is 474 g/mol. The zero-order valence-corrected chi connectivity index (χ0v) is 15.4. The number of carbonyl (C=O) groups is 1. The molecule has 0 aliphatic carbocycles. The minimum atomic E-state index is -5.07. The molecule has 174 valence electrons. The van der Waals surface area contributed by atoms with Crippen LogP contribution in [0.4, 0.5) is 39.5 Å². The minimum absolute atomic E-state index is 0.0612. The standard InChI is InChI=1S/C17H11F9N4O2/c18-15(19,20)10-3-9(4-11(5-10)16(21,22)23)13-27-8-30(28-13)2-1-12(31)29-6-14(32,7-29)17(24,25)26/h1-5,8,32H,6-7H2. The summed E-state index contributed by atoms with van der Waals surface area (Å²) in [6.07, 6.45) is -12.5. The van der Waals surface area contributed by atoms with Crippen molar-refractivity contribution in [3.63, 3.8) is 0 Å². The summed E-state index contributed by atoms with van der Waals surface area (Å²) >= 11 is 0. The number of likely N-dealkylation sites (tertiary alicyclic amines) is 1. The second-order valence-electron chi connectivity index (χ2n) is 6.88. The fourth-order valence-corrected chi connectivity index (χ4v) is 2.73. The first kappa shape index (κ1) is 23.6. The summed E-state index contributed by atoms with van der Waals surface area (Å²) < 4.78 is 116. The molecular weight excluding hydrogens is 463 g/mol. The molecule has 0 atom stereocenters. The van der Waals surface area contributed by atoms with Gasteiger partial charge in [0.2, 0.25) is 5.91 Å². The number of alkyl halides is 9. The summed E-state index contributed by atoms with van der Waals surface area (Å²) in [7, 11) is 0. The van der Waals surface area contributed by atoms with Gasteiger partial charge in [0.15, 0.2) is 11.4 Å². The Bertz CT molecular complexity index is 1020. The lowest BCUT2D eigenvalue weighted by Crippen LogP contribution is -2.70. The maximum atomic E-state index is 13.0. The molecule has 1 aliphatic heterocycles. The fraction of sp³-hybridized carbons (Fsp3) is 0.353. The molecule has 6 nitrogen and oxygen atoms in total. The van der Waals surface area contributed by atoms with Gasteiger partial charge in [-0.1, -0.05) is 0 Å². The molecule has 1 saturated heterocycles. The van der Waals surface area contributed by atoms with Gasteiger partial charge in [-0.05, 0) is 18.2 Å². The van der Waals surface area contributed by atoms with Crippen molar-refractivity contribution in [1.29, 1.82) is 0 Å². The summed E-state index contributed by atoms with van der Waals surface area (Å²) in [5, 5.41) is 13.0. The van der Waals surface area contributed by atoms with E-state index in [1.54, 1.807) is 0 Å². The van der Waals surface area contributed by atoms with E-state index in [1.165, 1.54) is 0 Å². The van der Waals surface area contributed by atoms with Crippen LogP contribution in [0.15, 0.2) is 30.6 Å². The van der Waals surface area contributed by atoms with Crippen LogP contribution in [-0.2, 0) is 17.1 Å². The van der Waals surface area contributed by atoms with Crippen molar-refractivity contribution >= 4 is 12.1 Å². The number of halogens is 9. The van der Waals surface area contributed by atoms with Crippen molar-refractivity contribution in [2.75, 3.05) is 13.1 Å². The van der Waals surface area contributed by atoms with E-state index in [0.717, 1.165) is 23.3 Å². The van der Waals surface area contributed by atoms with Crippen molar-refractivity contribution in [1.82, 2.24) is 19.7 Å². The Balaban J connectivity index is 1.78. The van der Waals surface area contributed by atoms with Crippen molar-refractivity contribution in [3.05, 3.63) is 41.7 Å². The number of nitrogens with zero attached hydrogens (tertiary/aromatic N) is 4. The molecule has 3 rings (SSSR count). The third-order valence-corrected chi connectivity index (χ3v) is 4.47. The van der Waals surface area contributed by atoms with Crippen LogP contribution in [0.2, 0.25) is 0 Å². The summed E-state index contributed by atoms with van der Waals surface area (Å²) in [6, 6.07) is 0.776. The molecule has 0 saturated carbocycles. The molecule has 1 N–H and O–H groups in total. The zero-order chi connectivity index (χ0) is 24.1. The number of rotatable bonds is 3. The van der Waals surface area contributed by atoms with Gasteiger partial charge in [-0.3, -0.25) is 4.79 Å². The van der Waals surface area contributed by atoms with Gasteiger partial charge in [-0.25, -0.2) is 9.67 Å². The lowest BCUT2D eigenvalue weighted by molar-refractivity contribution is -0.296. The maximum absolute atomic E-state index is 13.0. The van der Waals surface area contributed by atoms with E-state index in [2.05, 4.69) is 10.1 Å². The first-order chi connectivity index (χ1) is 14.5. The van der Waals surface area contributed by atoms with Crippen LogP contribution in [0.1, 0.15) is 11.1 Å². The predicted molar refractivity (Wildman–Crippen MR) is 88.4 cm³/mol. The van der Waals surface area contributed by atoms with Crippen LogP contribution in [-0.4, -0.2) is 55.5 Å². The Hall–Kier alpha value is -3.10. The largest absolute Gasteiger partial charge is 0.420 e. The second-order valence-corrected chi connectivity index (χ2v) is 6.88. The molecule has 1 amide bonds. The normalized spacial score (nSPS) is 17.0. The molecule has 15 heteroatoms. The monoisotopic (exact) mass is 474 g/mol. The number of hydrogen-bond acceptors (Lipinski definition) is 4. The van der Waals surface area contributed by atoms with E-state index < -0.39 is 65.6 Å². The van der Waals surface area contributed by atoms with Gasteiger partial charge in [0.05, 0.1) is 24.2 Å². The SMILES string of the molecule is O=C(C=Cn1cnc(-c2cc(C(F)(F)F)cc(C(F)(F)F)c2)n1)N1CC(O)(C(F)(F)F)C1. The lowest BCUT2D eigenvalue weighted by atomic mass is 9.93. The Labute approximate surface area is 172 Å². The molecule has 0 unspecified atom stereocenters. The van der Waals surface area contributed by atoms with Crippen LogP contribution in [0.5, 0.6) is 0 Å². The highest BCUT2D eigenvalue weighted by atomic mass is 19.4. The van der Waals surface area contributed by atoms with Gasteiger partial charge in [0.25, 0.3) is 0 Å². The van der Waals surface area contributed by atoms with Crippen molar-refractivity contribution in [2.24, 2.45) is 0 Å². The van der Waals surface area contributed by atoms with E-state index in [9.17, 15) is 49.4 Å². The highest BCUT2D eigenvalue weighted by Gasteiger charge is 2.61. The summed E-state index contributed by atoms with van der Waals surface area (Å²) in [6.45, 7) is -1.99.